The van der Waals surface area contributed by atoms with Crippen LogP contribution < -0.4 is 10.9 Å². The Balaban J connectivity index is 2.17. The smallest absolute Gasteiger partial charge is 0.287 e. The number of nitrogens with zero attached hydrogens (tertiary/aromatic N) is 6. The Kier molecular flexibility index (Phi) is 9.14. The first-order valence-corrected chi connectivity index (χ1v) is 10.1. The van der Waals surface area contributed by atoms with E-state index in [9.17, 15) is 20.1 Å². The maximum atomic E-state index is 12.5. The highest BCUT2D eigenvalue weighted by atomic mass is 16.2. The number of benzene rings is 2. The first kappa shape index (κ1) is 25.7. The highest BCUT2D eigenvalue weighted by Crippen LogP contribution is 2.22. The average molecular weight is 464 g/mol. The molecular weight excluding hydrogens is 444 g/mol. The molecular formula is C25H20N8O2. The Bertz CT molecular complexity index is 1180. The molecule has 0 atom stereocenters. The van der Waals surface area contributed by atoms with Crippen molar-refractivity contribution in [3.05, 3.63) is 106 Å². The lowest BCUT2D eigenvalue weighted by Gasteiger charge is -2.26. The molecule has 0 aliphatic heterocycles. The van der Waals surface area contributed by atoms with E-state index in [1.54, 1.807) is 60.7 Å². The Morgan fingerprint density at radius 1 is 0.771 bits per heavy atom. The van der Waals surface area contributed by atoms with Gasteiger partial charge in [-0.05, 0) is 11.1 Å². The van der Waals surface area contributed by atoms with Gasteiger partial charge in [0, 0.05) is 14.1 Å². The summed E-state index contributed by atoms with van der Waals surface area (Å²) in [4.78, 5) is 31.5. The molecule has 0 unspecified atom stereocenters. The number of hydrogen-bond acceptors (Lipinski definition) is 6. The van der Waals surface area contributed by atoms with Crippen LogP contribution in [0.25, 0.3) is 21.1 Å². The second kappa shape index (κ2) is 12.5. The van der Waals surface area contributed by atoms with E-state index in [0.717, 1.165) is 0 Å². The molecule has 0 fully saturated rings. The molecule has 0 aliphatic carbocycles. The van der Waals surface area contributed by atoms with Gasteiger partial charge >= 0.3 is 0 Å². The van der Waals surface area contributed by atoms with Gasteiger partial charge in [0.25, 0.3) is 11.4 Å². The van der Waals surface area contributed by atoms with E-state index >= 15 is 0 Å². The lowest BCUT2D eigenvalue weighted by atomic mass is 10.1. The molecule has 2 N–H and O–H groups in total. The molecule has 2 rings (SSSR count). The molecule has 2 aromatic carbocycles. The largest absolute Gasteiger partial charge is 0.298 e. The van der Waals surface area contributed by atoms with Crippen LogP contribution in [0.5, 0.6) is 0 Å². The molecule has 0 radical (unpaired) electrons. The Morgan fingerprint density at radius 2 is 1.11 bits per heavy atom. The minimum atomic E-state index is -0.704. The Labute approximate surface area is 203 Å². The first-order chi connectivity index (χ1) is 16.9. The van der Waals surface area contributed by atoms with Crippen LogP contribution in [0.15, 0.2) is 72.1 Å². The molecule has 0 heterocycles. The molecule has 10 nitrogen and oxygen atoms in total. The van der Waals surface area contributed by atoms with Crippen molar-refractivity contribution >= 4 is 23.2 Å². The van der Waals surface area contributed by atoms with Gasteiger partial charge in [-0.3, -0.25) is 30.5 Å². The fourth-order valence-corrected chi connectivity index (χ4v) is 3.14. The maximum Gasteiger partial charge on any atom is 0.287 e. The Hall–Kier alpha value is -5.58. The average Bonchev–Trinajstić information content (AvgIpc) is 2.86. The van der Waals surface area contributed by atoms with E-state index < -0.39 is 18.2 Å². The molecule has 0 aromatic heterocycles. The third-order valence-corrected chi connectivity index (χ3v) is 4.56. The first-order valence-electron chi connectivity index (χ1n) is 10.1. The normalized spacial score (nSPS) is 11.1. The summed E-state index contributed by atoms with van der Waals surface area (Å²) in [5.41, 5.74) is 5.94. The number of rotatable bonds is 8. The van der Waals surface area contributed by atoms with Crippen LogP contribution in [0.3, 0.4) is 0 Å². The number of allylic oxidation sites excluding steroid dienone is 2. The van der Waals surface area contributed by atoms with Crippen molar-refractivity contribution in [1.29, 1.82) is 10.5 Å². The van der Waals surface area contributed by atoms with Crippen LogP contribution in [-0.4, -0.2) is 35.9 Å². The molecule has 0 spiro atoms. The van der Waals surface area contributed by atoms with Crippen molar-refractivity contribution in [1.82, 2.24) is 20.9 Å². The summed E-state index contributed by atoms with van der Waals surface area (Å²) in [6.45, 7) is 14.5. The molecule has 0 bridgehead atoms. The monoisotopic (exact) mass is 464 g/mol. The number of amides is 2. The highest BCUT2D eigenvalue weighted by Gasteiger charge is 2.20. The van der Waals surface area contributed by atoms with Crippen LogP contribution in [0.2, 0.25) is 0 Å². The van der Waals surface area contributed by atoms with E-state index in [2.05, 4.69) is 20.5 Å². The predicted octanol–water partition coefficient (Wildman–Crippen LogP) is 2.93. The number of nitriles is 2. The van der Waals surface area contributed by atoms with Gasteiger partial charge in [0.15, 0.2) is 0 Å². The zero-order valence-corrected chi connectivity index (χ0v) is 19.0. The molecule has 2 amide bonds. The summed E-state index contributed by atoms with van der Waals surface area (Å²) >= 11 is 0. The molecule has 172 valence electrons. The Morgan fingerprint density at radius 3 is 1.40 bits per heavy atom. The van der Waals surface area contributed by atoms with Gasteiger partial charge in [-0.15, -0.1) is 0 Å². The van der Waals surface area contributed by atoms with Crippen molar-refractivity contribution in [2.24, 2.45) is 0 Å². The van der Waals surface area contributed by atoms with Crippen molar-refractivity contribution in [2.75, 3.05) is 14.1 Å². The van der Waals surface area contributed by atoms with Crippen molar-refractivity contribution < 1.29 is 9.59 Å². The van der Waals surface area contributed by atoms with Gasteiger partial charge in [0.2, 0.25) is 11.8 Å². The van der Waals surface area contributed by atoms with Gasteiger partial charge in [0.1, 0.15) is 6.42 Å². The summed E-state index contributed by atoms with van der Waals surface area (Å²) in [7, 11) is 2.91. The second-order valence-corrected chi connectivity index (χ2v) is 6.94. The summed E-state index contributed by atoms with van der Waals surface area (Å²) in [5.74, 6) is -1.41. The molecule has 0 saturated carbocycles. The second-order valence-electron chi connectivity index (χ2n) is 6.94. The van der Waals surface area contributed by atoms with Gasteiger partial charge < -0.3 is 0 Å². The van der Waals surface area contributed by atoms with Crippen molar-refractivity contribution in [2.45, 2.75) is 6.42 Å². The lowest BCUT2D eigenvalue weighted by molar-refractivity contribution is -0.132. The molecule has 2 aromatic rings. The zero-order chi connectivity index (χ0) is 25.8. The molecule has 0 aliphatic rings. The van der Waals surface area contributed by atoms with Crippen LogP contribution in [-0.2, 0) is 9.59 Å². The van der Waals surface area contributed by atoms with Gasteiger partial charge in [-0.1, -0.05) is 60.7 Å². The van der Waals surface area contributed by atoms with E-state index in [1.165, 1.54) is 24.1 Å². The van der Waals surface area contributed by atoms with Gasteiger partial charge in [0.05, 0.1) is 36.7 Å². The fraction of sp³-hybridized carbons (Fsp3) is 0.120. The number of carbonyl (C=O) groups excluding carboxylic acids is 2. The van der Waals surface area contributed by atoms with Crippen molar-refractivity contribution in [3.63, 3.8) is 0 Å². The number of hydrazine groups is 2. The zero-order valence-electron chi connectivity index (χ0n) is 19.0. The maximum absolute atomic E-state index is 12.5. The SMILES string of the molecule is [C-]#[N+]C(C#N)=C(c1ccccc1)N(C)NC(=O)CC(=O)NN(C)C(=C(C#N)[N+]#[C-])c1ccccc1. The molecule has 10 heteroatoms. The number of hydrogen-bond donors (Lipinski definition) is 2. The van der Waals surface area contributed by atoms with Crippen LogP contribution in [0.1, 0.15) is 17.5 Å². The van der Waals surface area contributed by atoms with Gasteiger partial charge in [-0.2, -0.15) is 0 Å². The summed E-state index contributed by atoms with van der Waals surface area (Å²) in [6, 6.07) is 20.8. The van der Waals surface area contributed by atoms with E-state index in [0.29, 0.717) is 11.1 Å². The van der Waals surface area contributed by atoms with E-state index in [4.69, 9.17) is 13.1 Å². The van der Waals surface area contributed by atoms with E-state index in [1.807, 2.05) is 12.1 Å². The summed E-state index contributed by atoms with van der Waals surface area (Å²) < 4.78 is 0. The third kappa shape index (κ3) is 6.70. The van der Waals surface area contributed by atoms with Gasteiger partial charge in [-0.25, -0.2) is 20.2 Å². The number of nitrogens with one attached hydrogen (secondary N) is 2. The standard InChI is InChI=1S/C25H20N8O2/c1-28-20(16-26)24(18-11-7-5-8-12-18)32(3)30-22(34)15-23(35)31-33(4)25(21(17-27)29-2)19-13-9-6-10-14-19/h5-14H,15H2,3-4H3,(H,30,34)(H,31,35). The van der Waals surface area contributed by atoms with E-state index in [-0.39, 0.29) is 22.8 Å². The highest BCUT2D eigenvalue weighted by molar-refractivity contribution is 5.97. The summed E-state index contributed by atoms with van der Waals surface area (Å²) in [6.07, 6.45) is -0.599. The minimum absolute atomic E-state index is 0.180. The van der Waals surface area contributed by atoms with Crippen molar-refractivity contribution in [3.8, 4) is 12.1 Å². The number of carbonyl (C=O) groups is 2. The minimum Gasteiger partial charge on any atom is -0.298 e. The quantitative estimate of drug-likeness (QED) is 0.268. The van der Waals surface area contributed by atoms with Crippen LogP contribution in [0.4, 0.5) is 0 Å². The summed E-state index contributed by atoms with van der Waals surface area (Å²) in [5, 5.41) is 21.1. The molecule has 0 saturated heterocycles. The fourth-order valence-electron chi connectivity index (χ4n) is 3.14. The van der Waals surface area contributed by atoms with Crippen LogP contribution >= 0.6 is 0 Å². The third-order valence-electron chi connectivity index (χ3n) is 4.56. The topological polar surface area (TPSA) is 121 Å². The molecule has 35 heavy (non-hydrogen) atoms. The van der Waals surface area contributed by atoms with Crippen LogP contribution in [0, 0.1) is 35.8 Å². The predicted molar refractivity (Wildman–Crippen MR) is 128 cm³/mol. The lowest BCUT2D eigenvalue weighted by Crippen LogP contribution is -2.44.